The number of nitrogens with zero attached hydrogens (tertiary/aromatic N) is 2. The zero-order valence-electron chi connectivity index (χ0n) is 10.8. The van der Waals surface area contributed by atoms with E-state index in [1.165, 1.54) is 12.2 Å². The largest absolute Gasteiger partial charge is 0.437 e. The quantitative estimate of drug-likeness (QED) is 0.711. The van der Waals surface area contributed by atoms with Gasteiger partial charge in [0.05, 0.1) is 22.9 Å². The number of oxazole rings is 1. The fourth-order valence-corrected chi connectivity index (χ4v) is 2.10. The number of fused-ring (bicyclic) bond motifs is 1. The average molecular weight is 347 g/mol. The van der Waals surface area contributed by atoms with Crippen LogP contribution in [0.5, 0.6) is 0 Å². The van der Waals surface area contributed by atoms with Gasteiger partial charge >= 0.3 is 0 Å². The summed E-state index contributed by atoms with van der Waals surface area (Å²) in [4.78, 5) is 16.0. The number of rotatable bonds is 4. The molecule has 0 saturated carbocycles. The van der Waals surface area contributed by atoms with Gasteiger partial charge in [-0.3, -0.25) is 9.89 Å². The first-order valence-electron chi connectivity index (χ1n) is 6.21. The highest BCUT2D eigenvalue weighted by atomic mass is 79.9. The first-order chi connectivity index (χ1) is 10.2. The highest BCUT2D eigenvalue weighted by molar-refractivity contribution is 9.10. The van der Waals surface area contributed by atoms with Crippen LogP contribution in [0, 0.1) is 0 Å². The molecule has 106 valence electrons. The summed E-state index contributed by atoms with van der Waals surface area (Å²) in [5.74, 6) is 0.160. The molecule has 7 heteroatoms. The SMILES string of the molecule is O=C(C=Cc1nc2ccccc2o1)NCc1[nH]ncc1Br. The third kappa shape index (κ3) is 3.19. The van der Waals surface area contributed by atoms with Gasteiger partial charge in [0.25, 0.3) is 0 Å². The smallest absolute Gasteiger partial charge is 0.244 e. The van der Waals surface area contributed by atoms with Gasteiger partial charge in [0.15, 0.2) is 5.58 Å². The van der Waals surface area contributed by atoms with Crippen LogP contribution in [0.3, 0.4) is 0 Å². The maximum absolute atomic E-state index is 11.7. The lowest BCUT2D eigenvalue weighted by Crippen LogP contribution is -2.20. The lowest BCUT2D eigenvalue weighted by Gasteiger charge is -1.99. The highest BCUT2D eigenvalue weighted by Crippen LogP contribution is 2.15. The molecule has 0 aliphatic heterocycles. The van der Waals surface area contributed by atoms with E-state index in [2.05, 4.69) is 36.4 Å². The van der Waals surface area contributed by atoms with Crippen molar-refractivity contribution < 1.29 is 9.21 Å². The van der Waals surface area contributed by atoms with Crippen LogP contribution in [-0.2, 0) is 11.3 Å². The summed E-state index contributed by atoms with van der Waals surface area (Å²) in [6, 6.07) is 7.44. The van der Waals surface area contributed by atoms with Gasteiger partial charge in [-0.15, -0.1) is 0 Å². The third-order valence-corrected chi connectivity index (χ3v) is 3.48. The van der Waals surface area contributed by atoms with E-state index < -0.39 is 0 Å². The monoisotopic (exact) mass is 346 g/mol. The van der Waals surface area contributed by atoms with Crippen molar-refractivity contribution in [2.24, 2.45) is 0 Å². The van der Waals surface area contributed by atoms with Crippen molar-refractivity contribution in [1.29, 1.82) is 0 Å². The van der Waals surface area contributed by atoms with Crippen LogP contribution < -0.4 is 5.32 Å². The van der Waals surface area contributed by atoms with Crippen molar-refractivity contribution in [3.63, 3.8) is 0 Å². The molecule has 2 aromatic heterocycles. The van der Waals surface area contributed by atoms with Crippen molar-refractivity contribution >= 4 is 39.0 Å². The number of halogens is 1. The molecule has 1 amide bonds. The summed E-state index contributed by atoms with van der Waals surface area (Å²) in [6.45, 7) is 0.358. The Bertz CT molecular complexity index is 773. The number of aromatic nitrogens is 3. The van der Waals surface area contributed by atoms with Gasteiger partial charge in [-0.2, -0.15) is 5.10 Å². The second kappa shape index (κ2) is 5.92. The van der Waals surface area contributed by atoms with Gasteiger partial charge in [0.2, 0.25) is 11.8 Å². The van der Waals surface area contributed by atoms with Gasteiger partial charge in [-0.05, 0) is 28.1 Å². The van der Waals surface area contributed by atoms with Crippen molar-refractivity contribution in [3.8, 4) is 0 Å². The van der Waals surface area contributed by atoms with E-state index in [4.69, 9.17) is 4.42 Å². The molecule has 0 spiro atoms. The zero-order chi connectivity index (χ0) is 14.7. The molecule has 0 saturated heterocycles. The van der Waals surface area contributed by atoms with E-state index in [-0.39, 0.29) is 5.91 Å². The Morgan fingerprint density at radius 3 is 3.05 bits per heavy atom. The number of amides is 1. The normalized spacial score (nSPS) is 11.3. The van der Waals surface area contributed by atoms with Gasteiger partial charge < -0.3 is 9.73 Å². The number of carbonyl (C=O) groups is 1. The van der Waals surface area contributed by atoms with E-state index >= 15 is 0 Å². The molecule has 6 nitrogen and oxygen atoms in total. The van der Waals surface area contributed by atoms with Crippen LogP contribution >= 0.6 is 15.9 Å². The van der Waals surface area contributed by atoms with E-state index in [9.17, 15) is 4.79 Å². The number of nitrogens with one attached hydrogen (secondary N) is 2. The van der Waals surface area contributed by atoms with E-state index in [0.717, 1.165) is 15.7 Å². The molecular weight excluding hydrogens is 336 g/mol. The first-order valence-corrected chi connectivity index (χ1v) is 7.01. The molecule has 0 atom stereocenters. The molecule has 0 bridgehead atoms. The number of benzene rings is 1. The minimum absolute atomic E-state index is 0.237. The predicted octanol–water partition coefficient (Wildman–Crippen LogP) is 2.64. The molecule has 0 radical (unpaired) electrons. The Morgan fingerprint density at radius 1 is 1.43 bits per heavy atom. The Labute approximate surface area is 128 Å². The van der Waals surface area contributed by atoms with E-state index in [1.54, 1.807) is 6.20 Å². The standard InChI is InChI=1S/C14H11BrN4O2/c15-9-7-17-19-11(9)8-16-13(20)5-6-14-18-10-3-1-2-4-12(10)21-14/h1-7H,8H2,(H,16,20)(H,17,19). The second-order valence-electron chi connectivity index (χ2n) is 4.27. The highest BCUT2D eigenvalue weighted by Gasteiger charge is 2.04. The molecule has 1 aromatic carbocycles. The maximum atomic E-state index is 11.7. The molecule has 21 heavy (non-hydrogen) atoms. The molecule has 2 heterocycles. The van der Waals surface area contributed by atoms with E-state index in [1.807, 2.05) is 24.3 Å². The Hall–Kier alpha value is -2.41. The van der Waals surface area contributed by atoms with Gasteiger partial charge in [0.1, 0.15) is 5.52 Å². The van der Waals surface area contributed by atoms with Crippen LogP contribution in [0.15, 0.2) is 45.4 Å². The number of hydrogen-bond donors (Lipinski definition) is 2. The number of para-hydroxylation sites is 2. The zero-order valence-corrected chi connectivity index (χ0v) is 12.4. The lowest BCUT2D eigenvalue weighted by atomic mass is 10.3. The summed E-state index contributed by atoms with van der Waals surface area (Å²) >= 11 is 3.32. The van der Waals surface area contributed by atoms with Gasteiger partial charge in [-0.25, -0.2) is 4.98 Å². The molecule has 3 aromatic rings. The molecular formula is C14H11BrN4O2. The Balaban J connectivity index is 1.62. The fraction of sp³-hybridized carbons (Fsp3) is 0.0714. The van der Waals surface area contributed by atoms with Crippen molar-refractivity contribution in [2.75, 3.05) is 0 Å². The number of aromatic amines is 1. The summed E-state index contributed by atoms with van der Waals surface area (Å²) in [7, 11) is 0. The van der Waals surface area contributed by atoms with Gasteiger partial charge in [0, 0.05) is 12.2 Å². The predicted molar refractivity (Wildman–Crippen MR) is 81.2 cm³/mol. The van der Waals surface area contributed by atoms with Crippen LogP contribution in [0.25, 0.3) is 17.2 Å². The second-order valence-corrected chi connectivity index (χ2v) is 5.12. The lowest BCUT2D eigenvalue weighted by molar-refractivity contribution is -0.116. The molecule has 3 rings (SSSR count). The van der Waals surface area contributed by atoms with Crippen molar-refractivity contribution in [3.05, 3.63) is 52.6 Å². The summed E-state index contributed by atoms with van der Waals surface area (Å²) in [5, 5.41) is 9.37. The Morgan fingerprint density at radius 2 is 2.29 bits per heavy atom. The van der Waals surface area contributed by atoms with Crippen molar-refractivity contribution in [1.82, 2.24) is 20.5 Å². The molecule has 0 aliphatic carbocycles. The van der Waals surface area contributed by atoms with Crippen LogP contribution in [0.4, 0.5) is 0 Å². The van der Waals surface area contributed by atoms with Crippen molar-refractivity contribution in [2.45, 2.75) is 6.54 Å². The summed E-state index contributed by atoms with van der Waals surface area (Å²) < 4.78 is 6.31. The van der Waals surface area contributed by atoms with Gasteiger partial charge in [-0.1, -0.05) is 12.1 Å². The summed E-state index contributed by atoms with van der Waals surface area (Å²) in [6.07, 6.45) is 4.56. The van der Waals surface area contributed by atoms with Crippen LogP contribution in [-0.4, -0.2) is 21.1 Å². The topological polar surface area (TPSA) is 83.8 Å². The summed E-state index contributed by atoms with van der Waals surface area (Å²) in [5.41, 5.74) is 2.26. The molecule has 0 unspecified atom stereocenters. The number of H-pyrrole nitrogens is 1. The maximum Gasteiger partial charge on any atom is 0.244 e. The first kappa shape index (κ1) is 13.6. The average Bonchev–Trinajstić information content (AvgIpc) is 3.08. The number of carbonyl (C=O) groups excluding carboxylic acids is 1. The molecule has 0 aliphatic rings. The third-order valence-electron chi connectivity index (χ3n) is 2.79. The van der Waals surface area contributed by atoms with Crippen LogP contribution in [0.2, 0.25) is 0 Å². The van der Waals surface area contributed by atoms with Crippen LogP contribution in [0.1, 0.15) is 11.6 Å². The fourth-order valence-electron chi connectivity index (χ4n) is 1.76. The molecule has 2 N–H and O–H groups in total. The molecule has 0 fully saturated rings. The van der Waals surface area contributed by atoms with E-state index in [0.29, 0.717) is 18.0 Å². The number of hydrogen-bond acceptors (Lipinski definition) is 4. The Kier molecular flexibility index (Phi) is 3.83. The minimum Gasteiger partial charge on any atom is -0.437 e. The minimum atomic E-state index is -0.237.